The molecule has 0 atom stereocenters. The molecule has 0 radical (unpaired) electrons. The van der Waals surface area contributed by atoms with Crippen LogP contribution in [0.1, 0.15) is 6.99 Å². The maximum atomic E-state index is 13.9. The molecule has 0 spiro atoms. The summed E-state index contributed by atoms with van der Waals surface area (Å²) in [5.41, 5.74) is 1.48. The molecule has 3 rings (SSSR count). The first-order valence-corrected chi connectivity index (χ1v) is 8.11. The molecule has 0 bridgehead atoms. The van der Waals surface area contributed by atoms with Crippen LogP contribution in [-0.2, 0) is 4.57 Å². The first kappa shape index (κ1) is 20.3. The molecule has 0 saturated heterocycles. The topological polar surface area (TPSA) is 113 Å². The van der Waals surface area contributed by atoms with Crippen LogP contribution in [0.25, 0.3) is 28.6 Å². The number of halogens is 1. The van der Waals surface area contributed by atoms with Gasteiger partial charge in [0, 0.05) is 17.2 Å². The summed E-state index contributed by atoms with van der Waals surface area (Å²) in [6.45, 7) is 3.61. The zero-order valence-electron chi connectivity index (χ0n) is 14.0. The normalized spacial score (nSPS) is 11.2. The van der Waals surface area contributed by atoms with Crippen molar-refractivity contribution in [2.24, 2.45) is 0 Å². The zero-order chi connectivity index (χ0) is 17.5. The van der Waals surface area contributed by atoms with E-state index in [1.165, 1.54) is 24.3 Å². The monoisotopic (exact) mass is 391 g/mol. The van der Waals surface area contributed by atoms with E-state index >= 15 is 0 Å². The molecule has 1 heterocycles. The number of hydrogen-bond acceptors (Lipinski definition) is 5. The molecule has 3 N–H and O–H groups in total. The molecule has 1 aromatic heterocycles. The van der Waals surface area contributed by atoms with Gasteiger partial charge in [0.15, 0.2) is 17.1 Å². The van der Waals surface area contributed by atoms with Crippen LogP contribution in [0.4, 0.5) is 4.39 Å². The Morgan fingerprint density at radius 1 is 1.32 bits per heavy atom. The summed E-state index contributed by atoms with van der Waals surface area (Å²) in [4.78, 5) is 21.6. The van der Waals surface area contributed by atoms with Gasteiger partial charge < -0.3 is 15.5 Å². The fraction of sp³-hybridized carbons (Fsp3) is 0. The van der Waals surface area contributed by atoms with E-state index in [2.05, 4.69) is 16.1 Å². The fourth-order valence-electron chi connectivity index (χ4n) is 2.15. The minimum Gasteiger partial charge on any atom is -1.00 e. The molecule has 0 fully saturated rings. The van der Waals surface area contributed by atoms with Crippen molar-refractivity contribution in [1.29, 1.82) is 0 Å². The van der Waals surface area contributed by atoms with Gasteiger partial charge >= 0.3 is 59.2 Å². The van der Waals surface area contributed by atoms with Crippen LogP contribution in [0.2, 0.25) is 0 Å². The van der Waals surface area contributed by atoms with Gasteiger partial charge in [-0.05, 0) is 24.3 Å². The molecular weight excluding hydrogens is 379 g/mol. The maximum absolute atomic E-state index is 13.9. The number of phenols is 1. The Morgan fingerprint density at radius 2 is 2.04 bits per heavy atom. The largest absolute Gasteiger partial charge is 1.00 e. The molecule has 0 unspecified atom stereocenters. The Kier molecular flexibility index (Phi) is 6.24. The molecule has 0 aliphatic heterocycles. The number of phenolic OH excluding ortho intramolecular Hbond substituents is 1. The van der Waals surface area contributed by atoms with Gasteiger partial charge in [-0.1, -0.05) is 12.7 Å². The first-order chi connectivity index (χ1) is 11.3. The summed E-state index contributed by atoms with van der Waals surface area (Å²) in [6.07, 6.45) is 1.48. The van der Waals surface area contributed by atoms with Gasteiger partial charge in [0.05, 0.1) is 0 Å². The number of nitrogens with zero attached hydrogens (tertiary/aromatic N) is 1. The molecule has 10 heteroatoms. The minimum atomic E-state index is -4.86. The summed E-state index contributed by atoms with van der Waals surface area (Å²) < 4.78 is 34.5. The van der Waals surface area contributed by atoms with E-state index in [0.29, 0.717) is 16.7 Å². The van der Waals surface area contributed by atoms with E-state index in [0.717, 1.165) is 12.1 Å². The zero-order valence-corrected chi connectivity index (χ0v) is 17.0. The van der Waals surface area contributed by atoms with Gasteiger partial charge in [-0.25, -0.2) is 13.9 Å². The number of aromatic nitrogens is 1. The molecule has 0 aliphatic rings. The van der Waals surface area contributed by atoms with Gasteiger partial charge in [-0.3, -0.25) is 9.79 Å². The van der Waals surface area contributed by atoms with E-state index in [9.17, 15) is 14.1 Å². The van der Waals surface area contributed by atoms with Crippen molar-refractivity contribution >= 4 is 25.0 Å². The van der Waals surface area contributed by atoms with Crippen LogP contribution in [0, 0.1) is 5.82 Å². The SMILES string of the molecule is C=Cc1cc(O)cc2nc(-c3ccc(OP(=O)(O)O)c(F)c3)oc12.[H-].[K+]. The predicted molar refractivity (Wildman–Crippen MR) is 84.9 cm³/mol. The van der Waals surface area contributed by atoms with E-state index in [1.807, 2.05) is 0 Å². The van der Waals surface area contributed by atoms with Gasteiger partial charge in [0.2, 0.25) is 5.89 Å². The van der Waals surface area contributed by atoms with Crippen molar-refractivity contribution in [3.05, 3.63) is 48.3 Å². The second kappa shape index (κ2) is 7.69. The summed E-state index contributed by atoms with van der Waals surface area (Å²) in [5, 5.41) is 9.63. The minimum absolute atomic E-state index is 0. The Bertz CT molecular complexity index is 1010. The van der Waals surface area contributed by atoms with Crippen molar-refractivity contribution < 1.29 is 85.6 Å². The van der Waals surface area contributed by atoms with Crippen LogP contribution >= 0.6 is 7.82 Å². The van der Waals surface area contributed by atoms with Gasteiger partial charge in [0.1, 0.15) is 11.3 Å². The molecule has 0 amide bonds. The van der Waals surface area contributed by atoms with Crippen molar-refractivity contribution in [1.82, 2.24) is 4.98 Å². The molecule has 126 valence electrons. The molecule has 2 aromatic carbocycles. The van der Waals surface area contributed by atoms with Crippen molar-refractivity contribution in [2.45, 2.75) is 0 Å². The average molecular weight is 391 g/mol. The summed E-state index contributed by atoms with van der Waals surface area (Å²) in [7, 11) is -4.86. The second-order valence-corrected chi connectivity index (χ2v) is 6.00. The standard InChI is InChI=1S/C15H11FNO6P.K.H/c1-2-8-5-10(18)7-12-14(8)22-15(17-12)9-3-4-13(11(16)6-9)23-24(19,20)21;;/h2-7,18H,1H2,(H2,19,20,21);;/q;+1;-1. The van der Waals surface area contributed by atoms with Gasteiger partial charge in [-0.2, -0.15) is 0 Å². The number of fused-ring (bicyclic) bond motifs is 1. The molecule has 25 heavy (non-hydrogen) atoms. The van der Waals surface area contributed by atoms with Crippen LogP contribution in [0.15, 0.2) is 41.3 Å². The molecule has 0 saturated carbocycles. The second-order valence-electron chi connectivity index (χ2n) is 4.83. The summed E-state index contributed by atoms with van der Waals surface area (Å²) in [6, 6.07) is 6.21. The van der Waals surface area contributed by atoms with Crippen molar-refractivity contribution in [2.75, 3.05) is 0 Å². The van der Waals surface area contributed by atoms with Crippen LogP contribution in [0.3, 0.4) is 0 Å². The third kappa shape index (κ3) is 4.58. The summed E-state index contributed by atoms with van der Waals surface area (Å²) in [5.74, 6) is -1.52. The number of oxazole rings is 1. The number of phosphoric ester groups is 1. The number of aromatic hydroxyl groups is 1. The van der Waals surface area contributed by atoms with Crippen LogP contribution in [0.5, 0.6) is 11.5 Å². The average Bonchev–Trinajstić information content (AvgIpc) is 2.90. The Morgan fingerprint density at radius 3 is 2.64 bits per heavy atom. The van der Waals surface area contributed by atoms with Crippen molar-refractivity contribution in [3.63, 3.8) is 0 Å². The number of phosphoric acid groups is 1. The smallest absolute Gasteiger partial charge is 1.00 e. The first-order valence-electron chi connectivity index (χ1n) is 6.58. The predicted octanol–water partition coefficient (Wildman–Crippen LogP) is 0.570. The number of rotatable bonds is 4. The van der Waals surface area contributed by atoms with Crippen LogP contribution < -0.4 is 55.9 Å². The van der Waals surface area contributed by atoms with Crippen molar-refractivity contribution in [3.8, 4) is 23.0 Å². The Hall–Kier alpha value is -1.03. The maximum Gasteiger partial charge on any atom is 1.00 e. The van der Waals surface area contributed by atoms with Crippen LogP contribution in [-0.4, -0.2) is 19.9 Å². The quantitative estimate of drug-likeness (QED) is 0.440. The summed E-state index contributed by atoms with van der Waals surface area (Å²) >= 11 is 0. The fourth-order valence-corrected chi connectivity index (χ4v) is 2.56. The third-order valence-electron chi connectivity index (χ3n) is 3.12. The molecular formula is C15H12FKNO6P. The number of benzene rings is 2. The van der Waals surface area contributed by atoms with E-state index in [1.54, 1.807) is 0 Å². The molecule has 3 aromatic rings. The van der Waals surface area contributed by atoms with E-state index < -0.39 is 19.4 Å². The van der Waals surface area contributed by atoms with Gasteiger partial charge in [-0.15, -0.1) is 0 Å². The van der Waals surface area contributed by atoms with Gasteiger partial charge in [0.25, 0.3) is 0 Å². The van der Waals surface area contributed by atoms with E-state index in [4.69, 9.17) is 14.2 Å². The van der Waals surface area contributed by atoms with E-state index in [-0.39, 0.29) is 70.0 Å². The molecule has 7 nitrogen and oxygen atoms in total. The number of hydrogen-bond donors (Lipinski definition) is 3. The Labute approximate surface area is 185 Å². The molecule has 0 aliphatic carbocycles. The Balaban J connectivity index is 0.00000169. The third-order valence-corrected chi connectivity index (χ3v) is 3.55.